The van der Waals surface area contributed by atoms with Crippen LogP contribution < -0.4 is 0 Å². The number of benzene rings is 1. The fourth-order valence-electron chi connectivity index (χ4n) is 1.15. The summed E-state index contributed by atoms with van der Waals surface area (Å²) in [4.78, 5) is 1.30. The van der Waals surface area contributed by atoms with Crippen LogP contribution in [0.25, 0.3) is 0 Å². The van der Waals surface area contributed by atoms with Gasteiger partial charge in [0.25, 0.3) is 0 Å². The number of rotatable bonds is 2. The molecule has 0 amide bonds. The molecular formula is C11H15NS. The summed E-state index contributed by atoms with van der Waals surface area (Å²) in [6.45, 7) is 2.09. The molecule has 0 aliphatic rings. The van der Waals surface area contributed by atoms with Crippen molar-refractivity contribution in [2.24, 2.45) is 0 Å². The lowest BCUT2D eigenvalue weighted by Gasteiger charge is -2.10. The van der Waals surface area contributed by atoms with Crippen LogP contribution in [0, 0.1) is 7.05 Å². The molecule has 0 fully saturated rings. The lowest BCUT2D eigenvalue weighted by Crippen LogP contribution is -2.09. The molecule has 0 saturated carbocycles. The van der Waals surface area contributed by atoms with Gasteiger partial charge in [0.2, 0.25) is 0 Å². The molecule has 0 bridgehead atoms. The van der Waals surface area contributed by atoms with Gasteiger partial charge in [-0.25, -0.2) is 0 Å². The fourth-order valence-corrected chi connectivity index (χ4v) is 1.80. The normalized spacial score (nSPS) is 12.5. The number of hydrogen-bond acceptors (Lipinski definition) is 1. The van der Waals surface area contributed by atoms with Crippen molar-refractivity contribution in [1.29, 1.82) is 0 Å². The zero-order valence-corrected chi connectivity index (χ0v) is 9.19. The number of hydrogen-bond donors (Lipinski definition) is 0. The van der Waals surface area contributed by atoms with Gasteiger partial charge in [0.05, 0.1) is 0 Å². The largest absolute Gasteiger partial charge is 0.368 e. The molecule has 0 aliphatic heterocycles. The van der Waals surface area contributed by atoms with Crippen LogP contribution in [0.15, 0.2) is 29.2 Å². The molecule has 0 N–H and O–H groups in total. The molecule has 2 heteroatoms. The van der Waals surface area contributed by atoms with Crippen molar-refractivity contribution in [2.75, 3.05) is 13.3 Å². The van der Waals surface area contributed by atoms with Gasteiger partial charge in [-0.3, -0.25) is 0 Å². The van der Waals surface area contributed by atoms with Gasteiger partial charge in [0, 0.05) is 10.6 Å². The van der Waals surface area contributed by atoms with Crippen LogP contribution in [0.2, 0.25) is 0 Å². The minimum atomic E-state index is 1.20. The van der Waals surface area contributed by atoms with Gasteiger partial charge in [-0.2, -0.15) is 0 Å². The van der Waals surface area contributed by atoms with Crippen LogP contribution in [0.4, 0.5) is 0 Å². The summed E-state index contributed by atoms with van der Waals surface area (Å²) in [6, 6.07) is 8.38. The Balaban J connectivity index is 3.21. The summed E-state index contributed by atoms with van der Waals surface area (Å²) in [5, 5.41) is 0. The summed E-state index contributed by atoms with van der Waals surface area (Å²) in [6.07, 6.45) is 2.09. The van der Waals surface area contributed by atoms with Gasteiger partial charge >= 0.3 is 0 Å². The monoisotopic (exact) mass is 193 g/mol. The van der Waals surface area contributed by atoms with E-state index in [0.29, 0.717) is 0 Å². The smallest absolute Gasteiger partial charge is 0.105 e. The van der Waals surface area contributed by atoms with E-state index in [4.69, 9.17) is 0 Å². The van der Waals surface area contributed by atoms with Gasteiger partial charge in [0.1, 0.15) is 7.05 Å². The van der Waals surface area contributed by atoms with Gasteiger partial charge in [-0.15, -0.1) is 11.8 Å². The molecule has 1 rings (SSSR count). The van der Waals surface area contributed by atoms with Crippen LogP contribution in [0.3, 0.4) is 0 Å². The van der Waals surface area contributed by atoms with Gasteiger partial charge < -0.3 is 4.58 Å². The first-order valence-corrected chi connectivity index (χ1v) is 5.40. The average Bonchev–Trinajstić information content (AvgIpc) is 2.16. The molecule has 13 heavy (non-hydrogen) atoms. The molecule has 0 aromatic heterocycles. The molecule has 0 saturated heterocycles. The Morgan fingerprint density at radius 2 is 2.00 bits per heavy atom. The standard InChI is InChI=1S/C11H15NS/c1-9(12(2)3)10-7-5-6-8-11(10)13-4/h5-8H,2H2,1,3-4H3. The van der Waals surface area contributed by atoms with E-state index in [-0.39, 0.29) is 0 Å². The first-order chi connectivity index (χ1) is 6.16. The van der Waals surface area contributed by atoms with E-state index in [9.17, 15) is 0 Å². The second-order valence-electron chi connectivity index (χ2n) is 2.98. The first kappa shape index (κ1) is 10.2. The highest BCUT2D eigenvalue weighted by Crippen LogP contribution is 2.20. The molecule has 1 aromatic rings. The van der Waals surface area contributed by atoms with Crippen LogP contribution in [-0.4, -0.2) is 23.6 Å². The van der Waals surface area contributed by atoms with Gasteiger partial charge in [-0.05, 0) is 31.9 Å². The van der Waals surface area contributed by atoms with Crippen LogP contribution >= 0.6 is 11.8 Å². The third-order valence-electron chi connectivity index (χ3n) is 2.07. The molecular weight excluding hydrogens is 178 g/mol. The van der Waals surface area contributed by atoms with Crippen molar-refractivity contribution in [3.05, 3.63) is 36.9 Å². The van der Waals surface area contributed by atoms with Crippen LogP contribution in [0.5, 0.6) is 0 Å². The third kappa shape index (κ3) is 2.28. The Morgan fingerprint density at radius 1 is 1.38 bits per heavy atom. The third-order valence-corrected chi connectivity index (χ3v) is 2.87. The zero-order chi connectivity index (χ0) is 9.84. The van der Waals surface area contributed by atoms with Crippen molar-refractivity contribution < 1.29 is 4.58 Å². The molecule has 0 aliphatic carbocycles. The Morgan fingerprint density at radius 3 is 2.54 bits per heavy atom. The molecule has 70 valence electrons. The maximum Gasteiger partial charge on any atom is 0.105 e. The topological polar surface area (TPSA) is 3.01 Å². The van der Waals surface area contributed by atoms with Gasteiger partial charge in [0.15, 0.2) is 0 Å². The Kier molecular flexibility index (Phi) is 3.43. The zero-order valence-electron chi connectivity index (χ0n) is 8.37. The SMILES string of the molecule is [CH2-]/[N+](C)=C(/C)c1ccccc1SC. The minimum absolute atomic E-state index is 1.20. The van der Waals surface area contributed by atoms with E-state index in [1.807, 2.05) is 11.6 Å². The summed E-state index contributed by atoms with van der Waals surface area (Å²) in [7, 11) is 5.84. The first-order valence-electron chi connectivity index (χ1n) is 4.18. The fraction of sp³-hybridized carbons (Fsp3) is 0.273. The Bertz CT molecular complexity index is 325. The van der Waals surface area contributed by atoms with Crippen molar-refractivity contribution in [1.82, 2.24) is 0 Å². The van der Waals surface area contributed by atoms with Crippen molar-refractivity contribution in [3.63, 3.8) is 0 Å². The molecule has 0 spiro atoms. The van der Waals surface area contributed by atoms with Crippen molar-refractivity contribution in [3.8, 4) is 0 Å². The maximum absolute atomic E-state index is 3.88. The number of thioether (sulfide) groups is 1. The summed E-state index contributed by atoms with van der Waals surface area (Å²) < 4.78 is 1.90. The lowest BCUT2D eigenvalue weighted by molar-refractivity contribution is -0.430. The summed E-state index contributed by atoms with van der Waals surface area (Å²) in [5.41, 5.74) is 2.47. The lowest BCUT2D eigenvalue weighted by atomic mass is 10.1. The minimum Gasteiger partial charge on any atom is -0.368 e. The Labute approximate surface area is 84.5 Å². The molecule has 0 unspecified atom stereocenters. The molecule has 0 heterocycles. The Hall–Kier alpha value is -0.890. The highest BCUT2D eigenvalue weighted by Gasteiger charge is 2.01. The average molecular weight is 193 g/mol. The van der Waals surface area contributed by atoms with E-state index in [1.165, 1.54) is 16.2 Å². The highest BCUT2D eigenvalue weighted by atomic mass is 32.2. The van der Waals surface area contributed by atoms with Crippen LogP contribution in [0.1, 0.15) is 12.5 Å². The quantitative estimate of drug-likeness (QED) is 0.302. The summed E-state index contributed by atoms with van der Waals surface area (Å²) >= 11 is 1.77. The van der Waals surface area contributed by atoms with E-state index in [2.05, 4.69) is 44.5 Å². The number of nitrogens with zero attached hydrogens (tertiary/aromatic N) is 1. The molecule has 0 radical (unpaired) electrons. The molecule has 1 aromatic carbocycles. The second kappa shape index (κ2) is 4.38. The van der Waals surface area contributed by atoms with Gasteiger partial charge in [-0.1, -0.05) is 18.2 Å². The summed E-state index contributed by atoms with van der Waals surface area (Å²) in [5.74, 6) is 0. The van der Waals surface area contributed by atoms with E-state index in [1.54, 1.807) is 11.8 Å². The molecule has 0 atom stereocenters. The predicted molar refractivity (Wildman–Crippen MR) is 59.5 cm³/mol. The molecule has 1 nitrogen and oxygen atoms in total. The maximum atomic E-state index is 3.88. The van der Waals surface area contributed by atoms with E-state index in [0.717, 1.165) is 0 Å². The van der Waals surface area contributed by atoms with Crippen molar-refractivity contribution >= 4 is 17.5 Å². The second-order valence-corrected chi connectivity index (χ2v) is 3.83. The van der Waals surface area contributed by atoms with Crippen LogP contribution in [-0.2, 0) is 0 Å². The van der Waals surface area contributed by atoms with Crippen molar-refractivity contribution in [2.45, 2.75) is 11.8 Å². The van der Waals surface area contributed by atoms with E-state index < -0.39 is 0 Å². The highest BCUT2D eigenvalue weighted by molar-refractivity contribution is 7.98. The predicted octanol–water partition coefficient (Wildman–Crippen LogP) is 2.65. The van der Waals surface area contributed by atoms with E-state index >= 15 is 0 Å².